The predicted molar refractivity (Wildman–Crippen MR) is 132 cm³/mol. The summed E-state index contributed by atoms with van der Waals surface area (Å²) in [5.74, 6) is 0.902. The van der Waals surface area contributed by atoms with Crippen molar-refractivity contribution in [1.82, 2.24) is 8.87 Å². The van der Waals surface area contributed by atoms with E-state index in [9.17, 15) is 13.2 Å². The van der Waals surface area contributed by atoms with Crippen LogP contribution in [0.15, 0.2) is 71.6 Å². The first-order valence-corrected chi connectivity index (χ1v) is 13.0. The van der Waals surface area contributed by atoms with Crippen molar-refractivity contribution in [3.63, 3.8) is 0 Å². The molecule has 0 fully saturated rings. The Balaban J connectivity index is 1.66. The van der Waals surface area contributed by atoms with E-state index in [1.165, 1.54) is 52.1 Å². The second-order valence-corrected chi connectivity index (χ2v) is 10.4. The zero-order valence-corrected chi connectivity index (χ0v) is 20.4. The van der Waals surface area contributed by atoms with Crippen LogP contribution in [0.5, 0.6) is 11.5 Å². The van der Waals surface area contributed by atoms with Gasteiger partial charge in [0.25, 0.3) is 5.91 Å². The van der Waals surface area contributed by atoms with E-state index in [2.05, 4.69) is 18.2 Å². The van der Waals surface area contributed by atoms with Crippen LogP contribution in [0.3, 0.4) is 0 Å². The molecule has 0 aliphatic carbocycles. The highest BCUT2D eigenvalue weighted by atomic mass is 32.2. The van der Waals surface area contributed by atoms with E-state index in [4.69, 9.17) is 9.47 Å². The maximum atomic E-state index is 12.9. The smallest absolute Gasteiger partial charge is 0.279 e. The Morgan fingerprint density at radius 3 is 2.32 bits per heavy atom. The Bertz CT molecular complexity index is 1410. The van der Waals surface area contributed by atoms with Gasteiger partial charge in [-0.25, -0.2) is 8.42 Å². The summed E-state index contributed by atoms with van der Waals surface area (Å²) in [4.78, 5) is 17.9. The number of rotatable bonds is 8. The minimum atomic E-state index is -3.74. The number of amides is 1. The highest BCUT2D eigenvalue weighted by molar-refractivity contribution is 7.89. The second-order valence-electron chi connectivity index (χ2n) is 7.43. The summed E-state index contributed by atoms with van der Waals surface area (Å²) in [6.45, 7) is 11.1. The number of fused-ring (bicyclic) bond motifs is 2. The average Bonchev–Trinajstić information content (AvgIpc) is 3.17. The van der Waals surface area contributed by atoms with Crippen molar-refractivity contribution in [2.24, 2.45) is 4.99 Å². The fraction of sp³-hybridized carbons (Fsp3) is 0.250. The molecule has 178 valence electrons. The van der Waals surface area contributed by atoms with Gasteiger partial charge in [0.1, 0.15) is 13.2 Å². The number of sulfonamides is 1. The minimum absolute atomic E-state index is 0.0869. The number of nitrogens with zero attached hydrogens (tertiary/aromatic N) is 3. The van der Waals surface area contributed by atoms with Crippen LogP contribution in [-0.2, 0) is 16.6 Å². The van der Waals surface area contributed by atoms with Gasteiger partial charge in [0.2, 0.25) is 10.0 Å². The summed E-state index contributed by atoms with van der Waals surface area (Å²) in [6.07, 6.45) is 3.03. The molecule has 2 aromatic carbocycles. The molecule has 3 aromatic rings. The van der Waals surface area contributed by atoms with Crippen LogP contribution in [0.25, 0.3) is 10.2 Å². The van der Waals surface area contributed by atoms with Crippen molar-refractivity contribution in [2.75, 3.05) is 26.3 Å². The number of hydrogen-bond acceptors (Lipinski definition) is 6. The van der Waals surface area contributed by atoms with Gasteiger partial charge in [-0.3, -0.25) is 4.79 Å². The maximum absolute atomic E-state index is 12.9. The zero-order valence-electron chi connectivity index (χ0n) is 18.8. The summed E-state index contributed by atoms with van der Waals surface area (Å²) < 4.78 is 41.2. The largest absolute Gasteiger partial charge is 0.486 e. The van der Waals surface area contributed by atoms with Gasteiger partial charge in [0.05, 0.1) is 15.1 Å². The van der Waals surface area contributed by atoms with E-state index < -0.39 is 15.9 Å². The van der Waals surface area contributed by atoms with E-state index >= 15 is 0 Å². The van der Waals surface area contributed by atoms with Gasteiger partial charge >= 0.3 is 0 Å². The Morgan fingerprint density at radius 2 is 1.74 bits per heavy atom. The van der Waals surface area contributed by atoms with E-state index in [1.54, 1.807) is 0 Å². The maximum Gasteiger partial charge on any atom is 0.279 e. The first-order chi connectivity index (χ1) is 16.4. The highest BCUT2D eigenvalue weighted by Gasteiger charge is 2.23. The van der Waals surface area contributed by atoms with Crippen molar-refractivity contribution in [3.8, 4) is 11.5 Å². The molecule has 0 bridgehead atoms. The second kappa shape index (κ2) is 9.96. The van der Waals surface area contributed by atoms with E-state index in [1.807, 2.05) is 23.6 Å². The molecule has 0 unspecified atom stereocenters. The number of aromatic nitrogens is 1. The number of hydrogen-bond donors (Lipinski definition) is 0. The van der Waals surface area contributed by atoms with Crippen LogP contribution >= 0.6 is 11.3 Å². The Labute approximate surface area is 202 Å². The third-order valence-corrected chi connectivity index (χ3v) is 8.15. The predicted octanol–water partition coefficient (Wildman–Crippen LogP) is 3.60. The lowest BCUT2D eigenvalue weighted by molar-refractivity contribution is 0.0997. The van der Waals surface area contributed by atoms with Gasteiger partial charge in [0.15, 0.2) is 16.3 Å². The third-order valence-electron chi connectivity index (χ3n) is 5.26. The fourth-order valence-corrected chi connectivity index (χ4v) is 6.11. The van der Waals surface area contributed by atoms with Gasteiger partial charge in [-0.05, 0) is 31.2 Å². The molecular weight excluding hydrogens is 474 g/mol. The Kier molecular flexibility index (Phi) is 7.01. The number of carbonyl (C=O) groups excluding carboxylic acids is 1. The summed E-state index contributed by atoms with van der Waals surface area (Å²) in [7, 11) is -3.74. The molecule has 0 saturated carbocycles. The average molecular weight is 500 g/mol. The molecule has 0 saturated heterocycles. The SMILES string of the molecule is C=CCN(CC=C)S(=O)(=O)c1ccc(C(=O)N=c2sc3cc4c(cc3n2CC)OCCO4)cc1. The van der Waals surface area contributed by atoms with Crippen LogP contribution < -0.4 is 14.3 Å². The molecule has 0 atom stereocenters. The number of ether oxygens (including phenoxy) is 2. The number of aryl methyl sites for hydroxylation is 1. The van der Waals surface area contributed by atoms with Crippen molar-refractivity contribution in [3.05, 3.63) is 72.1 Å². The van der Waals surface area contributed by atoms with Crippen LogP contribution in [0.4, 0.5) is 0 Å². The first kappa shape index (κ1) is 23.9. The lowest BCUT2D eigenvalue weighted by atomic mass is 10.2. The molecule has 0 radical (unpaired) electrons. The Morgan fingerprint density at radius 1 is 1.12 bits per heavy atom. The lowest BCUT2D eigenvalue weighted by Gasteiger charge is -2.19. The molecule has 2 heterocycles. The first-order valence-electron chi connectivity index (χ1n) is 10.7. The van der Waals surface area contributed by atoms with E-state index in [0.29, 0.717) is 41.6 Å². The molecule has 0 spiro atoms. The lowest BCUT2D eigenvalue weighted by Crippen LogP contribution is -2.31. The van der Waals surface area contributed by atoms with Gasteiger partial charge < -0.3 is 14.0 Å². The molecule has 0 N–H and O–H groups in total. The van der Waals surface area contributed by atoms with Crippen LogP contribution in [0.1, 0.15) is 17.3 Å². The van der Waals surface area contributed by atoms with Crippen LogP contribution in [-0.4, -0.2) is 49.5 Å². The highest BCUT2D eigenvalue weighted by Crippen LogP contribution is 2.35. The number of benzene rings is 2. The minimum Gasteiger partial charge on any atom is -0.486 e. The number of thiazole rings is 1. The van der Waals surface area contributed by atoms with Crippen molar-refractivity contribution < 1.29 is 22.7 Å². The molecule has 34 heavy (non-hydrogen) atoms. The third kappa shape index (κ3) is 4.56. The van der Waals surface area contributed by atoms with Gasteiger partial charge in [-0.1, -0.05) is 23.5 Å². The zero-order chi connectivity index (χ0) is 24.3. The quantitative estimate of drug-likeness (QED) is 0.442. The number of carbonyl (C=O) groups is 1. The summed E-state index contributed by atoms with van der Waals surface area (Å²) in [5, 5.41) is 0. The molecular formula is C24H25N3O5S2. The molecule has 1 aromatic heterocycles. The van der Waals surface area contributed by atoms with E-state index in [0.717, 1.165) is 10.2 Å². The molecule has 1 aliphatic rings. The monoisotopic (exact) mass is 499 g/mol. The molecule has 1 aliphatic heterocycles. The van der Waals surface area contributed by atoms with E-state index in [-0.39, 0.29) is 18.0 Å². The van der Waals surface area contributed by atoms with Crippen LogP contribution in [0, 0.1) is 0 Å². The standard InChI is InChI=1S/C24H25N3O5S2/c1-4-11-26(12-5-2)34(29,30)18-9-7-17(8-10-18)23(28)25-24-27(6-3)19-15-20-21(16-22(19)33-24)32-14-13-31-20/h4-5,7-10,15-16H,1-2,6,11-14H2,3H3. The molecule has 8 nitrogen and oxygen atoms in total. The van der Waals surface area contributed by atoms with Gasteiger partial charge in [-0.15, -0.1) is 13.2 Å². The van der Waals surface area contributed by atoms with Crippen molar-refractivity contribution >= 4 is 37.5 Å². The van der Waals surface area contributed by atoms with Gasteiger partial charge in [-0.2, -0.15) is 9.30 Å². The molecule has 4 rings (SSSR count). The summed E-state index contributed by atoms with van der Waals surface area (Å²) >= 11 is 1.39. The van der Waals surface area contributed by atoms with Crippen molar-refractivity contribution in [1.29, 1.82) is 0 Å². The van der Waals surface area contributed by atoms with Crippen LogP contribution in [0.2, 0.25) is 0 Å². The van der Waals surface area contributed by atoms with Crippen molar-refractivity contribution in [2.45, 2.75) is 18.4 Å². The fourth-order valence-electron chi connectivity index (χ4n) is 3.63. The summed E-state index contributed by atoms with van der Waals surface area (Å²) in [5.41, 5.74) is 1.21. The molecule has 10 heteroatoms. The molecule has 1 amide bonds. The topological polar surface area (TPSA) is 90.2 Å². The van der Waals surface area contributed by atoms with Gasteiger partial charge in [0, 0.05) is 37.3 Å². The Hall–Kier alpha value is -3.21. The summed E-state index contributed by atoms with van der Waals surface area (Å²) in [6, 6.07) is 9.59. The normalized spacial score (nSPS) is 13.9.